The first kappa shape index (κ1) is 20.9. The topological polar surface area (TPSA) is 76.2 Å². The summed E-state index contributed by atoms with van der Waals surface area (Å²) in [6, 6.07) is 9.25. The summed E-state index contributed by atoms with van der Waals surface area (Å²) in [5, 5.41) is 9.54. The molecule has 4 heteroatoms. The van der Waals surface area contributed by atoms with E-state index in [9.17, 15) is 4.79 Å². The van der Waals surface area contributed by atoms with E-state index in [1.807, 2.05) is 18.2 Å². The Balaban J connectivity index is 2.59. The van der Waals surface area contributed by atoms with Crippen LogP contribution < -0.4 is 10.5 Å². The van der Waals surface area contributed by atoms with Crippen LogP contribution in [0, 0.1) is 5.41 Å². The fourth-order valence-corrected chi connectivity index (χ4v) is 2.99. The third kappa shape index (κ3) is 4.65. The number of carbonyl (C=O) groups is 1. The number of hydrogen-bond donors (Lipinski definition) is 2. The Kier molecular flexibility index (Phi) is 6.37. The maximum absolute atomic E-state index is 12.7. The zero-order valence-corrected chi connectivity index (χ0v) is 16.6. The third-order valence-electron chi connectivity index (χ3n) is 4.19. The zero-order valence-electron chi connectivity index (χ0n) is 16.6. The summed E-state index contributed by atoms with van der Waals surface area (Å²) in [5.74, 6) is 0.0497. The Morgan fingerprint density at radius 2 is 1.86 bits per heavy atom. The van der Waals surface area contributed by atoms with E-state index in [-0.39, 0.29) is 11.3 Å². The van der Waals surface area contributed by atoms with Crippen LogP contribution >= 0.6 is 0 Å². The molecule has 144 valence electrons. The van der Waals surface area contributed by atoms with Crippen LogP contribution in [-0.2, 0) is 10.2 Å². The number of hydrogen-bond acceptors (Lipinski definition) is 3. The van der Waals surface area contributed by atoms with Crippen LogP contribution in [0.5, 0.6) is 5.75 Å². The quantitative estimate of drug-likeness (QED) is 0.183. The normalized spacial score (nSPS) is 12.2. The van der Waals surface area contributed by atoms with Gasteiger partial charge >= 0.3 is 5.97 Å². The molecule has 0 amide bonds. The number of benzene rings is 2. The van der Waals surface area contributed by atoms with Gasteiger partial charge in [0.15, 0.2) is 0 Å². The molecule has 0 bridgehead atoms. The standard InChI is InChI=1S/C24H26N2O2/c1-6-8-10-16(9-7-2)23(27)28-20-14-12-17-15-18(22(25)26)11-13-19(17)21(20)24(3,4)5/h6-15H,1-2H2,3-5H3,(H3,25,26)/b10-8-,16-9+. The lowest BCUT2D eigenvalue weighted by atomic mass is 9.82. The molecule has 0 aliphatic rings. The number of nitrogens with one attached hydrogen (secondary N) is 1. The number of carbonyl (C=O) groups excluding carboxylic acids is 1. The Labute approximate surface area is 166 Å². The van der Waals surface area contributed by atoms with Crippen LogP contribution in [0.4, 0.5) is 0 Å². The van der Waals surface area contributed by atoms with Crippen LogP contribution in [0.15, 0.2) is 79.4 Å². The lowest BCUT2D eigenvalue weighted by molar-refractivity contribution is -0.129. The van der Waals surface area contributed by atoms with Gasteiger partial charge in [0, 0.05) is 11.1 Å². The van der Waals surface area contributed by atoms with Gasteiger partial charge < -0.3 is 10.5 Å². The first-order valence-corrected chi connectivity index (χ1v) is 8.94. The molecule has 0 saturated heterocycles. The van der Waals surface area contributed by atoms with Crippen molar-refractivity contribution in [1.29, 1.82) is 5.41 Å². The summed E-state index contributed by atoms with van der Waals surface area (Å²) in [7, 11) is 0. The minimum Gasteiger partial charge on any atom is -0.423 e. The zero-order chi connectivity index (χ0) is 20.9. The number of ether oxygens (including phenoxy) is 1. The Morgan fingerprint density at radius 1 is 1.14 bits per heavy atom. The Morgan fingerprint density at radius 3 is 2.43 bits per heavy atom. The molecule has 0 spiro atoms. The number of amidine groups is 1. The molecule has 4 nitrogen and oxygen atoms in total. The maximum Gasteiger partial charge on any atom is 0.343 e. The van der Waals surface area contributed by atoms with Crippen molar-refractivity contribution in [1.82, 2.24) is 0 Å². The predicted octanol–water partition coefficient (Wildman–Crippen LogP) is 5.18. The highest BCUT2D eigenvalue weighted by Crippen LogP contribution is 2.38. The number of nitrogens with two attached hydrogens (primary N) is 1. The van der Waals surface area contributed by atoms with E-state index >= 15 is 0 Å². The first-order valence-electron chi connectivity index (χ1n) is 8.94. The lowest BCUT2D eigenvalue weighted by Crippen LogP contribution is -2.18. The van der Waals surface area contributed by atoms with E-state index in [1.165, 1.54) is 0 Å². The summed E-state index contributed by atoms with van der Waals surface area (Å²) in [5.41, 5.74) is 7.29. The molecule has 0 aliphatic heterocycles. The highest BCUT2D eigenvalue weighted by molar-refractivity contribution is 6.01. The summed E-state index contributed by atoms with van der Waals surface area (Å²) in [6.07, 6.45) is 8.03. The lowest BCUT2D eigenvalue weighted by Gasteiger charge is -2.24. The third-order valence-corrected chi connectivity index (χ3v) is 4.19. The average molecular weight is 374 g/mol. The molecule has 0 radical (unpaired) electrons. The molecule has 2 rings (SSSR count). The second-order valence-electron chi connectivity index (χ2n) is 7.38. The molecule has 2 aromatic rings. The van der Waals surface area contributed by atoms with Gasteiger partial charge in [-0.2, -0.15) is 0 Å². The summed E-state index contributed by atoms with van der Waals surface area (Å²) in [6.45, 7) is 13.5. The highest BCUT2D eigenvalue weighted by atomic mass is 16.5. The highest BCUT2D eigenvalue weighted by Gasteiger charge is 2.24. The van der Waals surface area contributed by atoms with Crippen molar-refractivity contribution < 1.29 is 9.53 Å². The van der Waals surface area contributed by atoms with E-state index in [0.717, 1.165) is 16.3 Å². The maximum atomic E-state index is 12.7. The van der Waals surface area contributed by atoms with Gasteiger partial charge in [-0.15, -0.1) is 0 Å². The van der Waals surface area contributed by atoms with Crippen molar-refractivity contribution in [3.8, 4) is 5.75 Å². The Bertz CT molecular complexity index is 1010. The predicted molar refractivity (Wildman–Crippen MR) is 117 cm³/mol. The Hall–Kier alpha value is -3.40. The van der Waals surface area contributed by atoms with Gasteiger partial charge in [0.25, 0.3) is 0 Å². The van der Waals surface area contributed by atoms with Crippen LogP contribution in [-0.4, -0.2) is 11.8 Å². The molecule has 0 saturated carbocycles. The van der Waals surface area contributed by atoms with Crippen molar-refractivity contribution in [3.63, 3.8) is 0 Å². The number of rotatable bonds is 6. The second kappa shape index (κ2) is 8.53. The molecule has 3 N–H and O–H groups in total. The number of allylic oxidation sites excluding steroid dienone is 4. The van der Waals surface area contributed by atoms with Gasteiger partial charge in [-0.25, -0.2) is 4.79 Å². The number of nitrogen functional groups attached to an aromatic ring is 1. The van der Waals surface area contributed by atoms with Gasteiger partial charge in [-0.3, -0.25) is 5.41 Å². The molecule has 0 atom stereocenters. The first-order chi connectivity index (χ1) is 13.2. The monoisotopic (exact) mass is 374 g/mol. The molecule has 0 unspecified atom stereocenters. The van der Waals surface area contributed by atoms with Crippen LogP contribution in [0.3, 0.4) is 0 Å². The van der Waals surface area contributed by atoms with Gasteiger partial charge in [0.05, 0.1) is 5.57 Å². The molecule has 28 heavy (non-hydrogen) atoms. The van der Waals surface area contributed by atoms with Crippen molar-refractivity contribution in [2.45, 2.75) is 26.2 Å². The van der Waals surface area contributed by atoms with Crippen LogP contribution in [0.1, 0.15) is 31.9 Å². The fraction of sp³-hybridized carbons (Fsp3) is 0.167. The second-order valence-corrected chi connectivity index (χ2v) is 7.38. The molecule has 0 aromatic heterocycles. The number of fused-ring (bicyclic) bond motifs is 1. The smallest absolute Gasteiger partial charge is 0.343 e. The van der Waals surface area contributed by atoms with E-state index < -0.39 is 5.97 Å². The molecule has 2 aromatic carbocycles. The molecule has 0 aliphatic carbocycles. The van der Waals surface area contributed by atoms with Gasteiger partial charge in [0.2, 0.25) is 0 Å². The van der Waals surface area contributed by atoms with E-state index in [1.54, 1.807) is 42.5 Å². The van der Waals surface area contributed by atoms with E-state index in [4.69, 9.17) is 15.9 Å². The van der Waals surface area contributed by atoms with Crippen molar-refractivity contribution in [2.75, 3.05) is 0 Å². The SMILES string of the molecule is C=C/C=C\C(=C/C=C)C(=O)Oc1ccc2cc(C(=N)N)ccc2c1C(C)(C)C. The van der Waals surface area contributed by atoms with E-state index in [0.29, 0.717) is 16.9 Å². The molecular formula is C24H26N2O2. The van der Waals surface area contributed by atoms with Gasteiger partial charge in [-0.1, -0.05) is 70.4 Å². The molecular weight excluding hydrogens is 348 g/mol. The molecule has 0 fully saturated rings. The van der Waals surface area contributed by atoms with Crippen molar-refractivity contribution in [3.05, 3.63) is 90.6 Å². The number of esters is 1. The van der Waals surface area contributed by atoms with E-state index in [2.05, 4.69) is 33.9 Å². The summed E-state index contributed by atoms with van der Waals surface area (Å²) >= 11 is 0. The molecule has 0 heterocycles. The van der Waals surface area contributed by atoms with Crippen LogP contribution in [0.25, 0.3) is 10.8 Å². The van der Waals surface area contributed by atoms with Gasteiger partial charge in [0.1, 0.15) is 11.6 Å². The van der Waals surface area contributed by atoms with Crippen molar-refractivity contribution >= 4 is 22.6 Å². The average Bonchev–Trinajstić information content (AvgIpc) is 2.63. The largest absolute Gasteiger partial charge is 0.423 e. The summed E-state index contributed by atoms with van der Waals surface area (Å²) in [4.78, 5) is 12.7. The fourth-order valence-electron chi connectivity index (χ4n) is 2.99. The van der Waals surface area contributed by atoms with Gasteiger partial charge in [-0.05, 0) is 40.5 Å². The van der Waals surface area contributed by atoms with Crippen molar-refractivity contribution in [2.24, 2.45) is 5.73 Å². The minimum absolute atomic E-state index is 0.0166. The minimum atomic E-state index is -0.469. The summed E-state index contributed by atoms with van der Waals surface area (Å²) < 4.78 is 5.76. The van der Waals surface area contributed by atoms with Crippen LogP contribution in [0.2, 0.25) is 0 Å².